The molecule has 0 amide bonds. The average molecular weight is 312 g/mol. The number of esters is 1. The van der Waals surface area contributed by atoms with Crippen LogP contribution in [0.4, 0.5) is 0 Å². The number of nitrogens with zero attached hydrogens (tertiary/aromatic N) is 1. The molecule has 1 saturated heterocycles. The molecule has 7 heteroatoms. The van der Waals surface area contributed by atoms with Crippen LogP contribution in [0.1, 0.15) is 29.3 Å². The topological polar surface area (TPSA) is 89.7 Å². The molecule has 21 heavy (non-hydrogen) atoms. The summed E-state index contributed by atoms with van der Waals surface area (Å²) in [4.78, 5) is 11.9. The lowest BCUT2D eigenvalue weighted by molar-refractivity contribution is 0.0526. The number of benzene rings is 1. The van der Waals surface area contributed by atoms with Crippen LogP contribution in [0, 0.1) is 6.92 Å². The van der Waals surface area contributed by atoms with Gasteiger partial charge in [-0.1, -0.05) is 6.07 Å². The van der Waals surface area contributed by atoms with Crippen molar-refractivity contribution in [3.05, 3.63) is 29.3 Å². The van der Waals surface area contributed by atoms with E-state index in [1.54, 1.807) is 26.0 Å². The van der Waals surface area contributed by atoms with Gasteiger partial charge in [0.15, 0.2) is 0 Å². The van der Waals surface area contributed by atoms with Gasteiger partial charge < -0.3 is 10.5 Å². The molecule has 0 aromatic heterocycles. The molecular weight excluding hydrogens is 292 g/mol. The summed E-state index contributed by atoms with van der Waals surface area (Å²) in [6.07, 6.45) is 0.649. The molecule has 1 atom stereocenters. The molecule has 6 nitrogen and oxygen atoms in total. The summed E-state index contributed by atoms with van der Waals surface area (Å²) in [5, 5.41) is 0. The first kappa shape index (κ1) is 15.9. The lowest BCUT2D eigenvalue weighted by Crippen LogP contribution is -2.32. The molecule has 1 aromatic carbocycles. The van der Waals surface area contributed by atoms with Crippen LogP contribution < -0.4 is 5.73 Å². The number of rotatable bonds is 4. The van der Waals surface area contributed by atoms with Crippen molar-refractivity contribution in [2.75, 3.05) is 19.7 Å². The number of ether oxygens (including phenoxy) is 1. The summed E-state index contributed by atoms with van der Waals surface area (Å²) in [5.74, 6) is -0.521. The van der Waals surface area contributed by atoms with Crippen molar-refractivity contribution in [2.45, 2.75) is 31.2 Å². The Bertz CT molecular complexity index is 642. The van der Waals surface area contributed by atoms with Crippen molar-refractivity contribution in [1.29, 1.82) is 0 Å². The quantitative estimate of drug-likeness (QED) is 0.834. The smallest absolute Gasteiger partial charge is 0.338 e. The van der Waals surface area contributed by atoms with E-state index < -0.39 is 16.0 Å². The summed E-state index contributed by atoms with van der Waals surface area (Å²) >= 11 is 0. The number of carbonyl (C=O) groups excluding carboxylic acids is 1. The van der Waals surface area contributed by atoms with Crippen LogP contribution in [-0.4, -0.2) is 44.4 Å². The Morgan fingerprint density at radius 1 is 1.48 bits per heavy atom. The lowest BCUT2D eigenvalue weighted by atomic mass is 10.1. The predicted molar refractivity (Wildman–Crippen MR) is 78.5 cm³/mol. The van der Waals surface area contributed by atoms with Gasteiger partial charge in [-0.3, -0.25) is 0 Å². The Kier molecular flexibility index (Phi) is 4.65. The van der Waals surface area contributed by atoms with E-state index in [1.165, 1.54) is 10.4 Å². The fourth-order valence-corrected chi connectivity index (χ4v) is 4.09. The van der Waals surface area contributed by atoms with E-state index in [0.29, 0.717) is 25.1 Å². The highest BCUT2D eigenvalue weighted by molar-refractivity contribution is 7.89. The first-order valence-electron chi connectivity index (χ1n) is 6.89. The minimum absolute atomic E-state index is 0.131. The molecule has 0 radical (unpaired) electrons. The van der Waals surface area contributed by atoms with Gasteiger partial charge in [0.1, 0.15) is 0 Å². The zero-order valence-corrected chi connectivity index (χ0v) is 13.0. The van der Waals surface area contributed by atoms with Crippen molar-refractivity contribution in [2.24, 2.45) is 5.73 Å². The number of nitrogens with two attached hydrogens (primary N) is 1. The first-order valence-corrected chi connectivity index (χ1v) is 8.33. The van der Waals surface area contributed by atoms with Gasteiger partial charge in [0, 0.05) is 19.1 Å². The van der Waals surface area contributed by atoms with Crippen molar-refractivity contribution in [3.63, 3.8) is 0 Å². The molecule has 2 N–H and O–H groups in total. The van der Waals surface area contributed by atoms with Crippen LogP contribution in [0.25, 0.3) is 0 Å². The summed E-state index contributed by atoms with van der Waals surface area (Å²) in [6, 6.07) is 4.44. The SMILES string of the molecule is CCOC(=O)c1ccc(C)c(S(=O)(=O)N2CC[C@@H](N)C2)c1. The summed E-state index contributed by atoms with van der Waals surface area (Å²) in [6.45, 7) is 4.38. The van der Waals surface area contributed by atoms with E-state index >= 15 is 0 Å². The maximum Gasteiger partial charge on any atom is 0.338 e. The Labute approximate surface area is 124 Å². The molecule has 1 aliphatic heterocycles. The summed E-state index contributed by atoms with van der Waals surface area (Å²) in [7, 11) is -3.63. The molecule has 0 spiro atoms. The minimum Gasteiger partial charge on any atom is -0.462 e. The number of aryl methyl sites for hydroxylation is 1. The molecule has 0 saturated carbocycles. The predicted octanol–water partition coefficient (Wildman–Crippen LogP) is 0.893. The molecule has 0 bridgehead atoms. The zero-order valence-electron chi connectivity index (χ0n) is 12.2. The van der Waals surface area contributed by atoms with Crippen LogP contribution >= 0.6 is 0 Å². The molecular formula is C14H20N2O4S. The Hall–Kier alpha value is -1.44. The van der Waals surface area contributed by atoms with Gasteiger partial charge in [-0.15, -0.1) is 0 Å². The highest BCUT2D eigenvalue weighted by Crippen LogP contribution is 2.24. The Balaban J connectivity index is 2.38. The van der Waals surface area contributed by atoms with Crippen LogP contribution in [0.5, 0.6) is 0 Å². The molecule has 0 aliphatic carbocycles. The minimum atomic E-state index is -3.63. The third-order valence-corrected chi connectivity index (χ3v) is 5.51. The molecule has 0 unspecified atom stereocenters. The van der Waals surface area contributed by atoms with Gasteiger partial charge in [-0.2, -0.15) is 4.31 Å². The molecule has 1 aromatic rings. The number of carbonyl (C=O) groups is 1. The molecule has 1 heterocycles. The van der Waals surface area contributed by atoms with Crippen LogP contribution in [0.15, 0.2) is 23.1 Å². The van der Waals surface area contributed by atoms with Gasteiger partial charge >= 0.3 is 5.97 Å². The second-order valence-electron chi connectivity index (χ2n) is 5.11. The molecule has 1 aliphatic rings. The molecule has 2 rings (SSSR count). The van der Waals surface area contributed by atoms with E-state index in [1.807, 2.05) is 0 Å². The number of hydrogen-bond donors (Lipinski definition) is 1. The number of sulfonamides is 1. The van der Waals surface area contributed by atoms with E-state index in [-0.39, 0.29) is 23.1 Å². The highest BCUT2D eigenvalue weighted by atomic mass is 32.2. The molecule has 1 fully saturated rings. The monoisotopic (exact) mass is 312 g/mol. The summed E-state index contributed by atoms with van der Waals surface area (Å²) < 4.78 is 31.6. The fourth-order valence-electron chi connectivity index (χ4n) is 2.33. The zero-order chi connectivity index (χ0) is 15.6. The maximum atomic E-state index is 12.7. The van der Waals surface area contributed by atoms with E-state index in [9.17, 15) is 13.2 Å². The number of hydrogen-bond acceptors (Lipinski definition) is 5. The van der Waals surface area contributed by atoms with Crippen LogP contribution in [-0.2, 0) is 14.8 Å². The van der Waals surface area contributed by atoms with Gasteiger partial charge in [0.2, 0.25) is 10.0 Å². The maximum absolute atomic E-state index is 12.7. The van der Waals surface area contributed by atoms with E-state index in [0.717, 1.165) is 0 Å². The third-order valence-electron chi connectivity index (χ3n) is 3.50. The van der Waals surface area contributed by atoms with Crippen molar-refractivity contribution >= 4 is 16.0 Å². The second-order valence-corrected chi connectivity index (χ2v) is 7.02. The highest BCUT2D eigenvalue weighted by Gasteiger charge is 2.32. The first-order chi connectivity index (χ1) is 9.86. The fraction of sp³-hybridized carbons (Fsp3) is 0.500. The van der Waals surface area contributed by atoms with Gasteiger partial charge in [0.25, 0.3) is 0 Å². The van der Waals surface area contributed by atoms with Gasteiger partial charge in [0.05, 0.1) is 17.1 Å². The van der Waals surface area contributed by atoms with Crippen molar-refractivity contribution in [1.82, 2.24) is 4.31 Å². The molecule has 116 valence electrons. The largest absolute Gasteiger partial charge is 0.462 e. The van der Waals surface area contributed by atoms with Crippen LogP contribution in [0.3, 0.4) is 0 Å². The normalized spacial score (nSPS) is 19.7. The Morgan fingerprint density at radius 3 is 2.76 bits per heavy atom. The second kappa shape index (κ2) is 6.13. The third kappa shape index (κ3) is 3.25. The van der Waals surface area contributed by atoms with Crippen molar-refractivity contribution in [3.8, 4) is 0 Å². The van der Waals surface area contributed by atoms with Crippen LogP contribution in [0.2, 0.25) is 0 Å². The Morgan fingerprint density at radius 2 is 2.19 bits per heavy atom. The lowest BCUT2D eigenvalue weighted by Gasteiger charge is -2.18. The van der Waals surface area contributed by atoms with Gasteiger partial charge in [-0.05, 0) is 38.0 Å². The van der Waals surface area contributed by atoms with Crippen molar-refractivity contribution < 1.29 is 17.9 Å². The van der Waals surface area contributed by atoms with E-state index in [4.69, 9.17) is 10.5 Å². The summed E-state index contributed by atoms with van der Waals surface area (Å²) in [5.41, 5.74) is 6.62. The van der Waals surface area contributed by atoms with E-state index in [2.05, 4.69) is 0 Å². The van der Waals surface area contributed by atoms with Gasteiger partial charge in [-0.25, -0.2) is 13.2 Å². The average Bonchev–Trinajstić information content (AvgIpc) is 2.86. The standard InChI is InChI=1S/C14H20N2O4S/c1-3-20-14(17)11-5-4-10(2)13(8-11)21(18,19)16-7-6-12(15)9-16/h4-5,8,12H,3,6-7,9,15H2,1-2H3/t12-/m1/s1.